The number of piperazine rings is 1. The van der Waals surface area contributed by atoms with Crippen molar-refractivity contribution < 1.29 is 9.59 Å². The molecule has 178 valence electrons. The van der Waals surface area contributed by atoms with Crippen molar-refractivity contribution in [3.05, 3.63) is 102 Å². The van der Waals surface area contributed by atoms with Crippen LogP contribution in [-0.4, -0.2) is 54.0 Å². The molecule has 35 heavy (non-hydrogen) atoms. The molecule has 2 N–H and O–H groups in total. The van der Waals surface area contributed by atoms with Crippen LogP contribution in [0.4, 0.5) is 10.5 Å². The summed E-state index contributed by atoms with van der Waals surface area (Å²) in [7, 11) is 0. The second kappa shape index (κ2) is 11.3. The van der Waals surface area contributed by atoms with Gasteiger partial charge in [0.15, 0.2) is 0 Å². The fraction of sp³-hybridized carbons (Fsp3) is 0.250. The van der Waals surface area contributed by atoms with Crippen LogP contribution < -0.4 is 10.6 Å². The monoisotopic (exact) mass is 467 g/mol. The summed E-state index contributed by atoms with van der Waals surface area (Å²) in [5.41, 5.74) is 3.41. The van der Waals surface area contributed by atoms with Crippen LogP contribution in [0.25, 0.3) is 0 Å². The topological polar surface area (TPSA) is 88.5 Å². The molecule has 1 fully saturated rings. The second-order valence-corrected chi connectivity index (χ2v) is 8.60. The van der Waals surface area contributed by atoms with Crippen molar-refractivity contribution in [1.82, 2.24) is 15.1 Å². The minimum Gasteiger partial charge on any atom is -0.338 e. The Morgan fingerprint density at radius 3 is 2.03 bits per heavy atom. The minimum absolute atomic E-state index is 0.110. The van der Waals surface area contributed by atoms with Gasteiger partial charge in [0.25, 0.3) is 0 Å². The van der Waals surface area contributed by atoms with Crippen LogP contribution in [0.3, 0.4) is 0 Å². The maximum Gasteiger partial charge on any atom is 0.319 e. The van der Waals surface area contributed by atoms with E-state index in [0.29, 0.717) is 24.3 Å². The van der Waals surface area contributed by atoms with Gasteiger partial charge < -0.3 is 15.5 Å². The van der Waals surface area contributed by atoms with Gasteiger partial charge in [0.2, 0.25) is 5.91 Å². The van der Waals surface area contributed by atoms with E-state index in [1.54, 1.807) is 31.2 Å². The predicted molar refractivity (Wildman–Crippen MR) is 136 cm³/mol. The Kier molecular flexibility index (Phi) is 7.76. The fourth-order valence-electron chi connectivity index (χ4n) is 4.45. The molecule has 7 nitrogen and oxygen atoms in total. The van der Waals surface area contributed by atoms with E-state index in [2.05, 4.69) is 64.1 Å². The van der Waals surface area contributed by atoms with Gasteiger partial charge in [-0.2, -0.15) is 5.26 Å². The van der Waals surface area contributed by atoms with Gasteiger partial charge in [-0.1, -0.05) is 66.7 Å². The summed E-state index contributed by atoms with van der Waals surface area (Å²) in [6.07, 6.45) is 0. The molecule has 0 radical (unpaired) electrons. The highest BCUT2D eigenvalue weighted by molar-refractivity contribution is 5.93. The average Bonchev–Trinajstić information content (AvgIpc) is 2.90. The number of urea groups is 1. The smallest absolute Gasteiger partial charge is 0.319 e. The number of anilines is 1. The van der Waals surface area contributed by atoms with Crippen molar-refractivity contribution in [2.75, 3.05) is 31.5 Å². The fourth-order valence-corrected chi connectivity index (χ4v) is 4.45. The van der Waals surface area contributed by atoms with E-state index in [1.165, 1.54) is 11.1 Å². The third-order valence-electron chi connectivity index (χ3n) is 6.19. The van der Waals surface area contributed by atoms with Gasteiger partial charge in [0.1, 0.15) is 6.04 Å². The van der Waals surface area contributed by atoms with Crippen LogP contribution in [0.5, 0.6) is 0 Å². The molecule has 1 unspecified atom stereocenters. The SMILES string of the molecule is CC(NC(=O)Nc1cccc(C#N)c1)C(=O)N1CCN(C(c2ccccc2)c2ccccc2)CC1. The first-order chi connectivity index (χ1) is 17.0. The molecule has 7 heteroatoms. The minimum atomic E-state index is -0.667. The first-order valence-electron chi connectivity index (χ1n) is 11.8. The number of hydrogen-bond donors (Lipinski definition) is 2. The van der Waals surface area contributed by atoms with E-state index in [-0.39, 0.29) is 11.9 Å². The molecule has 1 saturated heterocycles. The highest BCUT2D eigenvalue weighted by atomic mass is 16.2. The lowest BCUT2D eigenvalue weighted by atomic mass is 9.96. The summed E-state index contributed by atoms with van der Waals surface area (Å²) in [5, 5.41) is 14.4. The third-order valence-corrected chi connectivity index (χ3v) is 6.19. The molecule has 0 saturated carbocycles. The second-order valence-electron chi connectivity index (χ2n) is 8.60. The van der Waals surface area contributed by atoms with Gasteiger partial charge in [-0.3, -0.25) is 9.69 Å². The Labute approximate surface area is 206 Å². The first kappa shape index (κ1) is 24.0. The molecule has 3 amide bonds. The van der Waals surface area contributed by atoms with Gasteiger partial charge in [-0.15, -0.1) is 0 Å². The van der Waals surface area contributed by atoms with Crippen LogP contribution in [-0.2, 0) is 4.79 Å². The molecule has 3 aromatic carbocycles. The zero-order valence-electron chi connectivity index (χ0n) is 19.7. The number of carbonyl (C=O) groups excluding carboxylic acids is 2. The average molecular weight is 468 g/mol. The summed E-state index contributed by atoms with van der Waals surface area (Å²) in [6, 6.07) is 28.5. The van der Waals surface area contributed by atoms with Crippen LogP contribution in [0.1, 0.15) is 29.7 Å². The molecule has 4 rings (SSSR count). The summed E-state index contributed by atoms with van der Waals surface area (Å²) in [4.78, 5) is 29.6. The van der Waals surface area contributed by atoms with E-state index in [1.807, 2.05) is 23.1 Å². The lowest BCUT2D eigenvalue weighted by molar-refractivity contribution is -0.134. The standard InChI is InChI=1S/C28H29N5O2/c1-21(30-28(35)31-25-14-8-9-22(19-25)20-29)27(34)33-17-15-32(16-18-33)26(23-10-4-2-5-11-23)24-12-6-3-7-13-24/h2-14,19,21,26H,15-18H2,1H3,(H2,30,31,35). The Bertz CT molecular complexity index is 1150. The van der Waals surface area contributed by atoms with E-state index in [9.17, 15) is 9.59 Å². The molecule has 1 aliphatic rings. The molecular weight excluding hydrogens is 438 g/mol. The molecule has 3 aromatic rings. The predicted octanol–water partition coefficient (Wildman–Crippen LogP) is 4.00. The van der Waals surface area contributed by atoms with Crippen molar-refractivity contribution >= 4 is 17.6 Å². The normalized spacial score (nSPS) is 14.7. The van der Waals surface area contributed by atoms with E-state index < -0.39 is 12.1 Å². The van der Waals surface area contributed by atoms with Gasteiger partial charge >= 0.3 is 6.03 Å². The Balaban J connectivity index is 1.35. The first-order valence-corrected chi connectivity index (χ1v) is 11.8. The Morgan fingerprint density at radius 1 is 0.857 bits per heavy atom. The van der Waals surface area contributed by atoms with E-state index in [0.717, 1.165) is 13.1 Å². The Hall–Kier alpha value is -4.15. The maximum atomic E-state index is 13.0. The van der Waals surface area contributed by atoms with Crippen molar-refractivity contribution in [1.29, 1.82) is 5.26 Å². The van der Waals surface area contributed by atoms with Crippen molar-refractivity contribution in [2.45, 2.75) is 19.0 Å². The van der Waals surface area contributed by atoms with Gasteiger partial charge in [0.05, 0.1) is 17.7 Å². The number of nitriles is 1. The van der Waals surface area contributed by atoms with Gasteiger partial charge in [-0.25, -0.2) is 4.79 Å². The van der Waals surface area contributed by atoms with E-state index >= 15 is 0 Å². The molecule has 1 heterocycles. The molecule has 0 spiro atoms. The number of amides is 3. The van der Waals surface area contributed by atoms with Crippen molar-refractivity contribution in [2.24, 2.45) is 0 Å². The molecule has 0 aliphatic carbocycles. The van der Waals surface area contributed by atoms with Crippen molar-refractivity contribution in [3.8, 4) is 6.07 Å². The number of benzene rings is 3. The number of nitrogens with zero attached hydrogens (tertiary/aromatic N) is 3. The number of nitrogens with one attached hydrogen (secondary N) is 2. The summed E-state index contributed by atoms with van der Waals surface area (Å²) in [6.45, 7) is 4.34. The highest BCUT2D eigenvalue weighted by Crippen LogP contribution is 2.29. The zero-order valence-corrected chi connectivity index (χ0v) is 19.7. The molecule has 0 aromatic heterocycles. The third kappa shape index (κ3) is 6.05. The lowest BCUT2D eigenvalue weighted by Gasteiger charge is -2.40. The number of hydrogen-bond acceptors (Lipinski definition) is 4. The Morgan fingerprint density at radius 2 is 1.46 bits per heavy atom. The zero-order chi connectivity index (χ0) is 24.6. The number of rotatable bonds is 6. The molecule has 0 bridgehead atoms. The quantitative estimate of drug-likeness (QED) is 0.574. The van der Waals surface area contributed by atoms with Crippen LogP contribution >= 0.6 is 0 Å². The molecule has 1 atom stereocenters. The van der Waals surface area contributed by atoms with Crippen molar-refractivity contribution in [3.63, 3.8) is 0 Å². The largest absolute Gasteiger partial charge is 0.338 e. The van der Waals surface area contributed by atoms with E-state index in [4.69, 9.17) is 5.26 Å². The molecular formula is C28H29N5O2. The van der Waals surface area contributed by atoms with Crippen LogP contribution in [0.2, 0.25) is 0 Å². The highest BCUT2D eigenvalue weighted by Gasteiger charge is 2.30. The van der Waals surface area contributed by atoms with Gasteiger partial charge in [0, 0.05) is 31.9 Å². The maximum absolute atomic E-state index is 13.0. The van der Waals surface area contributed by atoms with Crippen LogP contribution in [0, 0.1) is 11.3 Å². The lowest BCUT2D eigenvalue weighted by Crippen LogP contribution is -2.55. The summed E-state index contributed by atoms with van der Waals surface area (Å²) < 4.78 is 0. The van der Waals surface area contributed by atoms with Crippen LogP contribution in [0.15, 0.2) is 84.9 Å². The molecule has 1 aliphatic heterocycles. The summed E-state index contributed by atoms with van der Waals surface area (Å²) in [5.74, 6) is -0.110. The number of carbonyl (C=O) groups is 2. The summed E-state index contributed by atoms with van der Waals surface area (Å²) >= 11 is 0. The van der Waals surface area contributed by atoms with Gasteiger partial charge in [-0.05, 0) is 36.2 Å².